The lowest BCUT2D eigenvalue weighted by atomic mass is 10.1. The summed E-state index contributed by atoms with van der Waals surface area (Å²) in [6.45, 7) is 4.07. The van der Waals surface area contributed by atoms with E-state index in [2.05, 4.69) is 24.4 Å². The Morgan fingerprint density at radius 1 is 1.14 bits per heavy atom. The van der Waals surface area contributed by atoms with Crippen molar-refractivity contribution in [1.29, 1.82) is 5.26 Å². The first kappa shape index (κ1) is 20.7. The third kappa shape index (κ3) is 4.36. The molecular formula is C23H23N3O2S. The van der Waals surface area contributed by atoms with Gasteiger partial charge in [-0.25, -0.2) is 0 Å². The molecule has 2 amide bonds. The van der Waals surface area contributed by atoms with Crippen molar-refractivity contribution in [2.75, 3.05) is 11.9 Å². The summed E-state index contributed by atoms with van der Waals surface area (Å²) in [6.07, 6.45) is 1.49. The highest BCUT2D eigenvalue weighted by Gasteiger charge is 2.40. The van der Waals surface area contributed by atoms with Crippen molar-refractivity contribution < 1.29 is 9.59 Å². The fourth-order valence-electron chi connectivity index (χ4n) is 3.17. The van der Waals surface area contributed by atoms with Crippen LogP contribution in [0.3, 0.4) is 0 Å². The fraction of sp³-hybridized carbons (Fsp3) is 0.261. The Morgan fingerprint density at radius 2 is 1.76 bits per heavy atom. The minimum Gasteiger partial charge on any atom is -0.354 e. The Labute approximate surface area is 175 Å². The third-order valence-corrected chi connectivity index (χ3v) is 6.14. The van der Waals surface area contributed by atoms with Crippen LogP contribution in [0, 0.1) is 18.3 Å². The van der Waals surface area contributed by atoms with Gasteiger partial charge in [0.1, 0.15) is 16.7 Å². The molecule has 0 spiro atoms. The molecule has 1 heterocycles. The van der Waals surface area contributed by atoms with Gasteiger partial charge in [0.25, 0.3) is 5.91 Å². The molecule has 1 fully saturated rings. The molecule has 29 heavy (non-hydrogen) atoms. The largest absolute Gasteiger partial charge is 0.354 e. The van der Waals surface area contributed by atoms with Crippen LogP contribution in [0.25, 0.3) is 0 Å². The highest BCUT2D eigenvalue weighted by atomic mass is 32.2. The molecule has 3 rings (SSSR count). The summed E-state index contributed by atoms with van der Waals surface area (Å²) in [5.74, 6) is -0.613. The van der Waals surface area contributed by atoms with Crippen molar-refractivity contribution in [3.8, 4) is 6.07 Å². The molecule has 0 radical (unpaired) electrons. The molecular weight excluding hydrogens is 382 g/mol. The van der Waals surface area contributed by atoms with Gasteiger partial charge in [0.15, 0.2) is 0 Å². The third-order valence-electron chi connectivity index (χ3n) is 4.88. The zero-order chi connectivity index (χ0) is 21.0. The number of benzene rings is 2. The number of likely N-dealkylation sites (N-methyl/N-ethyl adjacent to an activating group) is 1. The molecule has 1 aliphatic rings. The zero-order valence-electron chi connectivity index (χ0n) is 16.7. The van der Waals surface area contributed by atoms with Gasteiger partial charge in [-0.05, 0) is 43.0 Å². The number of carbonyl (C=O) groups is 2. The van der Waals surface area contributed by atoms with Crippen molar-refractivity contribution in [2.24, 2.45) is 0 Å². The first-order valence-corrected chi connectivity index (χ1v) is 10.4. The molecule has 1 saturated heterocycles. The molecule has 1 aliphatic heterocycles. The topological polar surface area (TPSA) is 73.2 Å². The van der Waals surface area contributed by atoms with E-state index in [4.69, 9.17) is 0 Å². The van der Waals surface area contributed by atoms with E-state index in [9.17, 15) is 14.9 Å². The molecule has 0 aromatic heterocycles. The molecule has 1 atom stereocenters. The Hall–Kier alpha value is -3.04. The molecule has 148 valence electrons. The molecule has 0 bridgehead atoms. The summed E-state index contributed by atoms with van der Waals surface area (Å²) in [6, 6.07) is 17.7. The molecule has 0 aliphatic carbocycles. The number of aryl methyl sites for hydroxylation is 2. The average molecular weight is 406 g/mol. The fourth-order valence-corrected chi connectivity index (χ4v) is 4.47. The second-order valence-corrected chi connectivity index (χ2v) is 8.05. The lowest BCUT2D eigenvalue weighted by Gasteiger charge is -2.18. The summed E-state index contributed by atoms with van der Waals surface area (Å²) >= 11 is 1.28. The number of amides is 2. The van der Waals surface area contributed by atoms with Crippen LogP contribution in [-0.2, 0) is 22.4 Å². The van der Waals surface area contributed by atoms with Crippen molar-refractivity contribution in [1.82, 2.24) is 5.32 Å². The van der Waals surface area contributed by atoms with Crippen molar-refractivity contribution in [3.05, 3.63) is 75.8 Å². The standard InChI is InChI=1S/C23H23N3O2S/c1-4-16-7-9-17(10-8-16)13-20-22(28)26(18-11-5-15(2)6-12-18)23(29-20)19(14-24)21(27)25-3/h5-12,20H,4,13H2,1-3H3,(H,25,27)/b23-19+/t20-/m0/s1. The minimum absolute atomic E-state index is 0.0461. The second-order valence-electron chi connectivity index (χ2n) is 6.86. The maximum atomic E-state index is 13.3. The SMILES string of the molecule is CCc1ccc(C[C@@H]2S/C(=C(\C#N)C(=O)NC)N(c3ccc(C)cc3)C2=O)cc1. The average Bonchev–Trinajstić information content (AvgIpc) is 3.05. The maximum absolute atomic E-state index is 13.3. The van der Waals surface area contributed by atoms with E-state index in [1.807, 2.05) is 49.4 Å². The molecule has 2 aromatic rings. The number of carbonyl (C=O) groups excluding carboxylic acids is 2. The first-order valence-electron chi connectivity index (χ1n) is 9.50. The van der Waals surface area contributed by atoms with Gasteiger partial charge in [0.05, 0.1) is 5.25 Å². The lowest BCUT2D eigenvalue weighted by molar-refractivity contribution is -0.117. The van der Waals surface area contributed by atoms with Gasteiger partial charge in [0.2, 0.25) is 5.91 Å². The molecule has 5 nitrogen and oxygen atoms in total. The normalized spacial score (nSPS) is 17.8. The molecule has 2 aromatic carbocycles. The number of hydrogen-bond acceptors (Lipinski definition) is 4. The predicted octanol–water partition coefficient (Wildman–Crippen LogP) is 3.73. The maximum Gasteiger partial charge on any atom is 0.264 e. The van der Waals surface area contributed by atoms with Crippen molar-refractivity contribution in [3.63, 3.8) is 0 Å². The first-order chi connectivity index (χ1) is 14.0. The Kier molecular flexibility index (Phi) is 6.40. The van der Waals surface area contributed by atoms with E-state index >= 15 is 0 Å². The van der Waals surface area contributed by atoms with E-state index in [1.165, 1.54) is 29.3 Å². The molecule has 1 N–H and O–H groups in total. The van der Waals surface area contributed by atoms with Gasteiger partial charge in [-0.1, -0.05) is 60.6 Å². The van der Waals surface area contributed by atoms with Crippen LogP contribution in [-0.4, -0.2) is 24.1 Å². The van der Waals surface area contributed by atoms with E-state index in [0.29, 0.717) is 17.1 Å². The summed E-state index contributed by atoms with van der Waals surface area (Å²) in [4.78, 5) is 27.1. The van der Waals surface area contributed by atoms with Crippen LogP contribution in [0.1, 0.15) is 23.6 Å². The smallest absolute Gasteiger partial charge is 0.264 e. The van der Waals surface area contributed by atoms with Gasteiger partial charge in [-0.2, -0.15) is 5.26 Å². The number of anilines is 1. The minimum atomic E-state index is -0.493. The quantitative estimate of drug-likeness (QED) is 0.608. The van der Waals surface area contributed by atoms with Crippen molar-refractivity contribution in [2.45, 2.75) is 31.9 Å². The highest BCUT2D eigenvalue weighted by molar-refractivity contribution is 8.05. The van der Waals surface area contributed by atoms with Crippen LogP contribution < -0.4 is 10.2 Å². The van der Waals surface area contributed by atoms with Gasteiger partial charge >= 0.3 is 0 Å². The predicted molar refractivity (Wildman–Crippen MR) is 116 cm³/mol. The van der Waals surface area contributed by atoms with Gasteiger partial charge in [-0.15, -0.1) is 0 Å². The van der Waals surface area contributed by atoms with Crippen molar-refractivity contribution >= 4 is 29.3 Å². The number of hydrogen-bond donors (Lipinski definition) is 1. The highest BCUT2D eigenvalue weighted by Crippen LogP contribution is 2.41. The van der Waals surface area contributed by atoms with E-state index in [0.717, 1.165) is 17.5 Å². The van der Waals surface area contributed by atoms with Crippen LogP contribution in [0.4, 0.5) is 5.69 Å². The Balaban J connectivity index is 2.00. The van der Waals surface area contributed by atoms with E-state index in [1.54, 1.807) is 0 Å². The summed E-state index contributed by atoms with van der Waals surface area (Å²) < 4.78 is 0. The van der Waals surface area contributed by atoms with Crippen LogP contribution in [0.2, 0.25) is 0 Å². The second kappa shape index (κ2) is 8.97. The number of nitrogens with one attached hydrogen (secondary N) is 1. The molecule has 6 heteroatoms. The molecule has 0 unspecified atom stereocenters. The van der Waals surface area contributed by atoms with Gasteiger partial charge in [-0.3, -0.25) is 14.5 Å². The summed E-state index contributed by atoms with van der Waals surface area (Å²) in [7, 11) is 1.48. The monoisotopic (exact) mass is 405 g/mol. The summed E-state index contributed by atoms with van der Waals surface area (Å²) in [5, 5.41) is 12.1. The van der Waals surface area contributed by atoms with Gasteiger partial charge in [0, 0.05) is 12.7 Å². The number of nitrogens with zero attached hydrogens (tertiary/aromatic N) is 2. The van der Waals surface area contributed by atoms with Gasteiger partial charge < -0.3 is 5.32 Å². The van der Waals surface area contributed by atoms with Crippen LogP contribution >= 0.6 is 11.8 Å². The summed E-state index contributed by atoms with van der Waals surface area (Å²) in [5.41, 5.74) is 3.97. The van der Waals surface area contributed by atoms with Crippen LogP contribution in [0.5, 0.6) is 0 Å². The number of nitriles is 1. The van der Waals surface area contributed by atoms with E-state index in [-0.39, 0.29) is 11.5 Å². The number of thioether (sulfide) groups is 1. The molecule has 0 saturated carbocycles. The van der Waals surface area contributed by atoms with Crippen LogP contribution in [0.15, 0.2) is 59.1 Å². The Bertz CT molecular complexity index is 988. The number of rotatable bonds is 5. The zero-order valence-corrected chi connectivity index (χ0v) is 17.5. The van der Waals surface area contributed by atoms with E-state index < -0.39 is 11.2 Å². The lowest BCUT2D eigenvalue weighted by Crippen LogP contribution is -2.31. The Morgan fingerprint density at radius 3 is 2.31 bits per heavy atom.